The largest absolute Gasteiger partial charge is 0.462 e. The molecule has 0 fully saturated rings. The predicted molar refractivity (Wildman–Crippen MR) is 67.2 cm³/mol. The van der Waals surface area contributed by atoms with E-state index in [0.717, 1.165) is 5.69 Å². The summed E-state index contributed by atoms with van der Waals surface area (Å²) in [6.07, 6.45) is 0. The number of aromatic nitrogens is 1. The lowest BCUT2D eigenvalue weighted by atomic mass is 10.1. The lowest BCUT2D eigenvalue weighted by Gasteiger charge is -2.05. The van der Waals surface area contributed by atoms with Gasteiger partial charge in [-0.15, -0.1) is 0 Å². The van der Waals surface area contributed by atoms with Crippen LogP contribution in [0.5, 0.6) is 0 Å². The van der Waals surface area contributed by atoms with E-state index < -0.39 is 0 Å². The molecule has 4 heteroatoms. The summed E-state index contributed by atoms with van der Waals surface area (Å²) >= 11 is 0. The average Bonchev–Trinajstić information content (AvgIpc) is 2.37. The van der Waals surface area contributed by atoms with E-state index >= 15 is 0 Å². The normalized spacial score (nSPS) is 10.1. The highest BCUT2D eigenvalue weighted by molar-refractivity contribution is 5.96. The summed E-state index contributed by atoms with van der Waals surface area (Å²) in [4.78, 5) is 16.0. The molecule has 0 aliphatic heterocycles. The molecule has 4 nitrogen and oxygen atoms in total. The molecule has 0 aliphatic carbocycles. The zero-order valence-corrected chi connectivity index (χ0v) is 10.2. The maximum atomic E-state index is 11.6. The van der Waals surface area contributed by atoms with Crippen molar-refractivity contribution in [1.29, 1.82) is 5.26 Å². The minimum atomic E-state index is -0.385. The predicted octanol–water partition coefficient (Wildman–Crippen LogP) is 2.59. The standard InChI is InChI=1S/C14H12N2O2/c1-3-18-14(17)10-4-5-13-12(7-10)11(8-15)6-9(2)16-13/h4-7H,3H2,1-2H3. The van der Waals surface area contributed by atoms with Gasteiger partial charge in [0.2, 0.25) is 0 Å². The number of fused-ring (bicyclic) bond motifs is 1. The monoisotopic (exact) mass is 240 g/mol. The van der Waals surface area contributed by atoms with Crippen LogP contribution in [-0.2, 0) is 4.74 Å². The van der Waals surface area contributed by atoms with Gasteiger partial charge < -0.3 is 4.74 Å². The Bertz CT molecular complexity index is 657. The summed E-state index contributed by atoms with van der Waals surface area (Å²) < 4.78 is 4.93. The third kappa shape index (κ3) is 2.16. The summed E-state index contributed by atoms with van der Waals surface area (Å²) in [6.45, 7) is 3.91. The summed E-state index contributed by atoms with van der Waals surface area (Å²) in [7, 11) is 0. The second-order valence-corrected chi connectivity index (χ2v) is 3.88. The molecule has 90 valence electrons. The number of carbonyl (C=O) groups excluding carboxylic acids is 1. The number of esters is 1. The Labute approximate surface area is 105 Å². The van der Waals surface area contributed by atoms with Crippen molar-refractivity contribution in [3.8, 4) is 6.07 Å². The molecule has 0 spiro atoms. The Balaban J connectivity index is 2.61. The lowest BCUT2D eigenvalue weighted by Crippen LogP contribution is -2.04. The first-order valence-corrected chi connectivity index (χ1v) is 5.64. The minimum Gasteiger partial charge on any atom is -0.462 e. The van der Waals surface area contributed by atoms with E-state index in [2.05, 4.69) is 11.1 Å². The van der Waals surface area contributed by atoms with E-state index in [9.17, 15) is 4.79 Å². The van der Waals surface area contributed by atoms with Gasteiger partial charge in [-0.25, -0.2) is 4.79 Å². The summed E-state index contributed by atoms with van der Waals surface area (Å²) in [5.74, 6) is -0.385. The van der Waals surface area contributed by atoms with E-state index in [-0.39, 0.29) is 5.97 Å². The van der Waals surface area contributed by atoms with Crippen LogP contribution in [0.1, 0.15) is 28.5 Å². The molecule has 1 heterocycles. The van der Waals surface area contributed by atoms with Gasteiger partial charge in [0.15, 0.2) is 0 Å². The van der Waals surface area contributed by atoms with Gasteiger partial charge in [-0.2, -0.15) is 5.26 Å². The molecule has 18 heavy (non-hydrogen) atoms. The second-order valence-electron chi connectivity index (χ2n) is 3.88. The van der Waals surface area contributed by atoms with E-state index in [0.29, 0.717) is 28.6 Å². The van der Waals surface area contributed by atoms with E-state index in [1.807, 2.05) is 6.92 Å². The number of carbonyl (C=O) groups is 1. The first-order valence-electron chi connectivity index (χ1n) is 5.64. The van der Waals surface area contributed by atoms with Gasteiger partial charge >= 0.3 is 5.97 Å². The highest BCUT2D eigenvalue weighted by atomic mass is 16.5. The van der Waals surface area contributed by atoms with Crippen LogP contribution in [0.2, 0.25) is 0 Å². The van der Waals surface area contributed by atoms with Crippen LogP contribution in [0.3, 0.4) is 0 Å². The lowest BCUT2D eigenvalue weighted by molar-refractivity contribution is 0.0526. The van der Waals surface area contributed by atoms with Crippen molar-refractivity contribution >= 4 is 16.9 Å². The molecule has 0 saturated heterocycles. The Kier molecular flexibility index (Phi) is 3.24. The van der Waals surface area contributed by atoms with Crippen molar-refractivity contribution in [1.82, 2.24) is 4.98 Å². The quantitative estimate of drug-likeness (QED) is 0.757. The molecule has 1 aromatic carbocycles. The number of aryl methyl sites for hydroxylation is 1. The molecule has 0 atom stereocenters. The van der Waals surface area contributed by atoms with Crippen molar-refractivity contribution in [3.63, 3.8) is 0 Å². The molecular formula is C14H12N2O2. The number of nitriles is 1. The fourth-order valence-electron chi connectivity index (χ4n) is 1.79. The number of hydrogen-bond donors (Lipinski definition) is 0. The summed E-state index contributed by atoms with van der Waals surface area (Å²) in [6, 6.07) is 8.87. The first kappa shape index (κ1) is 12.1. The van der Waals surface area contributed by atoms with Gasteiger partial charge in [-0.1, -0.05) is 0 Å². The highest BCUT2D eigenvalue weighted by Crippen LogP contribution is 2.20. The SMILES string of the molecule is CCOC(=O)c1ccc2nc(C)cc(C#N)c2c1. The van der Waals surface area contributed by atoms with Crippen molar-refractivity contribution in [3.05, 3.63) is 41.1 Å². The van der Waals surface area contributed by atoms with Crippen molar-refractivity contribution in [2.45, 2.75) is 13.8 Å². The van der Waals surface area contributed by atoms with Crippen LogP contribution < -0.4 is 0 Å². The number of hydrogen-bond acceptors (Lipinski definition) is 4. The number of nitrogens with zero attached hydrogens (tertiary/aromatic N) is 2. The topological polar surface area (TPSA) is 63.0 Å². The van der Waals surface area contributed by atoms with Gasteiger partial charge in [0.05, 0.1) is 29.3 Å². The molecule has 0 N–H and O–H groups in total. The van der Waals surface area contributed by atoms with E-state index in [1.54, 1.807) is 31.2 Å². The van der Waals surface area contributed by atoms with Crippen LogP contribution in [0.15, 0.2) is 24.3 Å². The molecule has 2 aromatic rings. The van der Waals surface area contributed by atoms with E-state index in [4.69, 9.17) is 10.00 Å². The second kappa shape index (κ2) is 4.84. The van der Waals surface area contributed by atoms with Gasteiger partial charge in [-0.3, -0.25) is 4.98 Å². The molecule has 0 amide bonds. The van der Waals surface area contributed by atoms with Crippen LogP contribution in [-0.4, -0.2) is 17.6 Å². The average molecular weight is 240 g/mol. The molecule has 0 radical (unpaired) electrons. The van der Waals surface area contributed by atoms with E-state index in [1.165, 1.54) is 0 Å². The molecule has 2 rings (SSSR count). The Hall–Kier alpha value is -2.41. The molecular weight excluding hydrogens is 228 g/mol. The number of benzene rings is 1. The zero-order valence-electron chi connectivity index (χ0n) is 10.2. The van der Waals surface area contributed by atoms with Gasteiger partial charge in [0.25, 0.3) is 0 Å². The van der Waals surface area contributed by atoms with Crippen LogP contribution in [0.25, 0.3) is 10.9 Å². The number of pyridine rings is 1. The fraction of sp³-hybridized carbons (Fsp3) is 0.214. The smallest absolute Gasteiger partial charge is 0.338 e. The first-order chi connectivity index (χ1) is 8.65. The van der Waals surface area contributed by atoms with Crippen LogP contribution in [0.4, 0.5) is 0 Å². The van der Waals surface area contributed by atoms with Gasteiger partial charge in [0, 0.05) is 11.1 Å². The minimum absolute atomic E-state index is 0.328. The summed E-state index contributed by atoms with van der Waals surface area (Å²) in [5, 5.41) is 9.77. The Morgan fingerprint density at radius 3 is 2.89 bits per heavy atom. The number of ether oxygens (including phenoxy) is 1. The van der Waals surface area contributed by atoms with Crippen molar-refractivity contribution in [2.24, 2.45) is 0 Å². The third-order valence-electron chi connectivity index (χ3n) is 2.57. The van der Waals surface area contributed by atoms with Crippen LogP contribution in [0, 0.1) is 18.3 Å². The zero-order chi connectivity index (χ0) is 13.1. The van der Waals surface area contributed by atoms with Crippen molar-refractivity contribution in [2.75, 3.05) is 6.61 Å². The number of rotatable bonds is 2. The molecule has 0 aliphatic rings. The van der Waals surface area contributed by atoms with Crippen molar-refractivity contribution < 1.29 is 9.53 Å². The fourth-order valence-corrected chi connectivity index (χ4v) is 1.79. The molecule has 0 saturated carbocycles. The maximum absolute atomic E-state index is 11.6. The van der Waals surface area contributed by atoms with Crippen LogP contribution >= 0.6 is 0 Å². The third-order valence-corrected chi connectivity index (χ3v) is 2.57. The Morgan fingerprint density at radius 2 is 2.22 bits per heavy atom. The summed E-state index contributed by atoms with van der Waals surface area (Å²) in [5.41, 5.74) is 2.44. The molecule has 1 aromatic heterocycles. The van der Waals surface area contributed by atoms with Gasteiger partial charge in [0.1, 0.15) is 0 Å². The Morgan fingerprint density at radius 1 is 1.44 bits per heavy atom. The molecule has 0 bridgehead atoms. The molecule has 0 unspecified atom stereocenters. The highest BCUT2D eigenvalue weighted by Gasteiger charge is 2.10. The maximum Gasteiger partial charge on any atom is 0.338 e. The van der Waals surface area contributed by atoms with Gasteiger partial charge in [-0.05, 0) is 38.1 Å².